The Morgan fingerprint density at radius 3 is 2.86 bits per heavy atom. The zero-order valence-electron chi connectivity index (χ0n) is 8.57. The summed E-state index contributed by atoms with van der Waals surface area (Å²) >= 11 is 0. The number of nitrogens with zero attached hydrogens (tertiary/aromatic N) is 2. The first-order valence-corrected chi connectivity index (χ1v) is 4.84. The van der Waals surface area contributed by atoms with Crippen molar-refractivity contribution in [3.8, 4) is 0 Å². The van der Waals surface area contributed by atoms with Crippen LogP contribution in [0.3, 0.4) is 0 Å². The van der Waals surface area contributed by atoms with Gasteiger partial charge in [-0.15, -0.1) is 0 Å². The second kappa shape index (κ2) is 3.42. The van der Waals surface area contributed by atoms with Crippen LogP contribution in [0.5, 0.6) is 0 Å². The molecule has 1 aromatic carbocycles. The highest BCUT2D eigenvalue weighted by Gasteiger charge is 2.08. The van der Waals surface area contributed by atoms with Crippen LogP contribution in [0, 0.1) is 0 Å². The van der Waals surface area contributed by atoms with E-state index in [2.05, 4.69) is 17.2 Å². The van der Waals surface area contributed by atoms with Gasteiger partial charge in [-0.2, -0.15) is 5.10 Å². The maximum atomic E-state index is 5.78. The molecule has 1 atom stereocenters. The fraction of sp³-hybridized carbons (Fsp3) is 0.364. The molecule has 0 aliphatic rings. The first-order valence-electron chi connectivity index (χ1n) is 4.84. The number of nitrogens with two attached hydrogens (primary N) is 1. The van der Waals surface area contributed by atoms with Crippen molar-refractivity contribution in [3.05, 3.63) is 30.0 Å². The van der Waals surface area contributed by atoms with E-state index < -0.39 is 0 Å². The molecule has 0 saturated heterocycles. The summed E-state index contributed by atoms with van der Waals surface area (Å²) in [4.78, 5) is 0. The van der Waals surface area contributed by atoms with Gasteiger partial charge in [0.05, 0.1) is 11.2 Å². The van der Waals surface area contributed by atoms with Crippen molar-refractivity contribution >= 4 is 10.9 Å². The molecular formula is C11H15N3. The topological polar surface area (TPSA) is 43.8 Å². The minimum Gasteiger partial charge on any atom is -0.328 e. The molecule has 2 aromatic rings. The molecule has 0 amide bonds. The van der Waals surface area contributed by atoms with Crippen LogP contribution in [0.15, 0.2) is 24.3 Å². The minimum atomic E-state index is 0.160. The van der Waals surface area contributed by atoms with Crippen molar-refractivity contribution in [1.29, 1.82) is 0 Å². The van der Waals surface area contributed by atoms with E-state index >= 15 is 0 Å². The van der Waals surface area contributed by atoms with E-state index in [9.17, 15) is 0 Å². The van der Waals surface area contributed by atoms with Gasteiger partial charge in [0.25, 0.3) is 0 Å². The molecule has 0 fully saturated rings. The van der Waals surface area contributed by atoms with Crippen molar-refractivity contribution in [1.82, 2.24) is 9.78 Å². The smallest absolute Gasteiger partial charge is 0.0718 e. The summed E-state index contributed by atoms with van der Waals surface area (Å²) < 4.78 is 1.91. The first kappa shape index (κ1) is 9.21. The van der Waals surface area contributed by atoms with Crippen LogP contribution in [-0.2, 0) is 13.5 Å². The van der Waals surface area contributed by atoms with Gasteiger partial charge >= 0.3 is 0 Å². The molecule has 3 nitrogen and oxygen atoms in total. The molecule has 0 aliphatic carbocycles. The third kappa shape index (κ3) is 1.51. The van der Waals surface area contributed by atoms with Crippen molar-refractivity contribution in [3.63, 3.8) is 0 Å². The Hall–Kier alpha value is -1.35. The van der Waals surface area contributed by atoms with Gasteiger partial charge in [-0.3, -0.25) is 4.68 Å². The molecule has 0 unspecified atom stereocenters. The zero-order valence-corrected chi connectivity index (χ0v) is 8.57. The third-order valence-electron chi connectivity index (χ3n) is 2.35. The van der Waals surface area contributed by atoms with Crippen LogP contribution in [0.25, 0.3) is 10.9 Å². The number of para-hydroxylation sites is 1. The molecule has 0 spiro atoms. The van der Waals surface area contributed by atoms with Crippen LogP contribution < -0.4 is 5.73 Å². The Bertz CT molecular complexity index is 443. The predicted octanol–water partition coefficient (Wildman–Crippen LogP) is 1.46. The molecule has 1 aromatic heterocycles. The number of hydrogen-bond donors (Lipinski definition) is 1. The minimum absolute atomic E-state index is 0.160. The zero-order chi connectivity index (χ0) is 10.1. The maximum absolute atomic E-state index is 5.78. The molecule has 2 rings (SSSR count). The normalized spacial score (nSPS) is 13.4. The lowest BCUT2D eigenvalue weighted by molar-refractivity contribution is 0.693. The monoisotopic (exact) mass is 189 g/mol. The highest BCUT2D eigenvalue weighted by atomic mass is 15.3. The lowest BCUT2D eigenvalue weighted by Crippen LogP contribution is -2.18. The molecule has 0 saturated carbocycles. The van der Waals surface area contributed by atoms with Crippen molar-refractivity contribution < 1.29 is 0 Å². The van der Waals surface area contributed by atoms with E-state index in [0.29, 0.717) is 0 Å². The van der Waals surface area contributed by atoms with Crippen LogP contribution >= 0.6 is 0 Å². The number of benzene rings is 1. The van der Waals surface area contributed by atoms with Gasteiger partial charge in [-0.25, -0.2) is 0 Å². The second-order valence-corrected chi connectivity index (χ2v) is 3.77. The van der Waals surface area contributed by atoms with E-state index in [1.54, 1.807) is 0 Å². The van der Waals surface area contributed by atoms with Crippen LogP contribution in [-0.4, -0.2) is 15.8 Å². The quantitative estimate of drug-likeness (QED) is 0.777. The Labute approximate surface area is 83.5 Å². The summed E-state index contributed by atoms with van der Waals surface area (Å²) in [6.45, 7) is 2.00. The van der Waals surface area contributed by atoms with Crippen molar-refractivity contribution in [2.45, 2.75) is 19.4 Å². The number of rotatable bonds is 2. The van der Waals surface area contributed by atoms with Gasteiger partial charge in [0.1, 0.15) is 0 Å². The van der Waals surface area contributed by atoms with Gasteiger partial charge in [0.2, 0.25) is 0 Å². The number of aryl methyl sites for hydroxylation is 1. The molecule has 74 valence electrons. The summed E-state index contributed by atoms with van der Waals surface area (Å²) in [5.41, 5.74) is 8.04. The summed E-state index contributed by atoms with van der Waals surface area (Å²) in [5.74, 6) is 0. The maximum Gasteiger partial charge on any atom is 0.0718 e. The number of aromatic nitrogens is 2. The highest BCUT2D eigenvalue weighted by molar-refractivity contribution is 5.81. The van der Waals surface area contributed by atoms with E-state index in [4.69, 9.17) is 5.73 Å². The van der Waals surface area contributed by atoms with E-state index in [0.717, 1.165) is 12.1 Å². The van der Waals surface area contributed by atoms with Gasteiger partial charge in [0.15, 0.2) is 0 Å². The summed E-state index contributed by atoms with van der Waals surface area (Å²) in [7, 11) is 1.97. The van der Waals surface area contributed by atoms with Crippen molar-refractivity contribution in [2.75, 3.05) is 0 Å². The Morgan fingerprint density at radius 2 is 2.14 bits per heavy atom. The summed E-state index contributed by atoms with van der Waals surface area (Å²) in [6.07, 6.45) is 0.835. The number of hydrogen-bond acceptors (Lipinski definition) is 2. The standard InChI is InChI=1S/C11H15N3/c1-8(12)7-10-9-5-3-4-6-11(9)14(2)13-10/h3-6,8H,7,12H2,1-2H3/t8-/m0/s1. The van der Waals surface area contributed by atoms with E-state index in [-0.39, 0.29) is 6.04 Å². The average molecular weight is 189 g/mol. The Kier molecular flexibility index (Phi) is 2.25. The lowest BCUT2D eigenvalue weighted by Gasteiger charge is -2.00. The molecular weight excluding hydrogens is 174 g/mol. The fourth-order valence-electron chi connectivity index (χ4n) is 1.74. The van der Waals surface area contributed by atoms with Crippen molar-refractivity contribution in [2.24, 2.45) is 12.8 Å². The average Bonchev–Trinajstić information content (AvgIpc) is 2.44. The molecule has 2 N–H and O–H groups in total. The van der Waals surface area contributed by atoms with E-state index in [1.165, 1.54) is 10.9 Å². The third-order valence-corrected chi connectivity index (χ3v) is 2.35. The Morgan fingerprint density at radius 1 is 1.43 bits per heavy atom. The second-order valence-electron chi connectivity index (χ2n) is 3.77. The summed E-state index contributed by atoms with van der Waals surface area (Å²) in [6, 6.07) is 8.40. The van der Waals surface area contributed by atoms with Gasteiger partial charge < -0.3 is 5.73 Å². The lowest BCUT2D eigenvalue weighted by atomic mass is 10.1. The van der Waals surface area contributed by atoms with Gasteiger partial charge in [-0.05, 0) is 13.0 Å². The number of fused-ring (bicyclic) bond motifs is 1. The van der Waals surface area contributed by atoms with Crippen LogP contribution in [0.2, 0.25) is 0 Å². The summed E-state index contributed by atoms with van der Waals surface area (Å²) in [5, 5.41) is 5.68. The predicted molar refractivity (Wildman–Crippen MR) is 58.1 cm³/mol. The Balaban J connectivity index is 2.55. The van der Waals surface area contributed by atoms with Gasteiger partial charge in [0, 0.05) is 24.9 Å². The van der Waals surface area contributed by atoms with Crippen LogP contribution in [0.1, 0.15) is 12.6 Å². The van der Waals surface area contributed by atoms with Crippen LogP contribution in [0.4, 0.5) is 0 Å². The molecule has 3 heteroatoms. The molecule has 0 bridgehead atoms. The molecule has 0 aliphatic heterocycles. The SMILES string of the molecule is C[C@H](N)Cc1nn(C)c2ccccc12. The largest absolute Gasteiger partial charge is 0.328 e. The fourth-order valence-corrected chi connectivity index (χ4v) is 1.74. The highest BCUT2D eigenvalue weighted by Crippen LogP contribution is 2.18. The first-order chi connectivity index (χ1) is 6.68. The molecule has 1 heterocycles. The van der Waals surface area contributed by atoms with E-state index in [1.807, 2.05) is 30.8 Å². The van der Waals surface area contributed by atoms with Gasteiger partial charge in [-0.1, -0.05) is 18.2 Å². The molecule has 0 radical (unpaired) electrons. The molecule has 14 heavy (non-hydrogen) atoms.